The van der Waals surface area contributed by atoms with Gasteiger partial charge in [-0.05, 0) is 38.9 Å². The zero-order chi connectivity index (χ0) is 13.2. The third-order valence-electron chi connectivity index (χ3n) is 3.86. The summed E-state index contributed by atoms with van der Waals surface area (Å²) in [5.74, 6) is 0.595. The predicted octanol–water partition coefficient (Wildman–Crippen LogP) is 2.18. The molecule has 5 heteroatoms. The zero-order valence-electron chi connectivity index (χ0n) is 11.6. The van der Waals surface area contributed by atoms with Gasteiger partial charge < -0.3 is 0 Å². The summed E-state index contributed by atoms with van der Waals surface area (Å²) in [5, 5.41) is 11.5. The standard InChI is InChI=1S/C14H21N5/c1-11(2)19-13(3-7-16-19)10-18-8-5-12(9-18)14-4-6-15-17-14/h3-4,6-7,11-12H,5,8-10H2,1-2H3,(H,15,17). The van der Waals surface area contributed by atoms with E-state index < -0.39 is 0 Å². The summed E-state index contributed by atoms with van der Waals surface area (Å²) in [7, 11) is 0. The molecule has 2 aromatic heterocycles. The van der Waals surface area contributed by atoms with Crippen LogP contribution in [0.2, 0.25) is 0 Å². The van der Waals surface area contributed by atoms with Crippen molar-refractivity contribution < 1.29 is 0 Å². The largest absolute Gasteiger partial charge is 0.297 e. The van der Waals surface area contributed by atoms with Gasteiger partial charge in [0.05, 0.1) is 5.69 Å². The fourth-order valence-corrected chi connectivity index (χ4v) is 2.89. The number of likely N-dealkylation sites (tertiary alicyclic amines) is 1. The Morgan fingerprint density at radius 1 is 1.37 bits per heavy atom. The molecular formula is C14H21N5. The van der Waals surface area contributed by atoms with Crippen LogP contribution < -0.4 is 0 Å². The first-order chi connectivity index (χ1) is 9.24. The smallest absolute Gasteiger partial charge is 0.0527 e. The van der Waals surface area contributed by atoms with Crippen molar-refractivity contribution in [3.05, 3.63) is 35.9 Å². The van der Waals surface area contributed by atoms with E-state index in [1.54, 1.807) is 0 Å². The summed E-state index contributed by atoms with van der Waals surface area (Å²) in [4.78, 5) is 2.50. The summed E-state index contributed by atoms with van der Waals surface area (Å²) in [6.07, 6.45) is 4.95. The fourth-order valence-electron chi connectivity index (χ4n) is 2.89. The number of aromatic amines is 1. The number of nitrogens with zero attached hydrogens (tertiary/aromatic N) is 4. The van der Waals surface area contributed by atoms with E-state index in [0.29, 0.717) is 12.0 Å². The third kappa shape index (κ3) is 2.56. The molecule has 1 fully saturated rings. The maximum atomic E-state index is 4.40. The van der Waals surface area contributed by atoms with Crippen molar-refractivity contribution in [2.24, 2.45) is 0 Å². The molecule has 1 aliphatic rings. The lowest BCUT2D eigenvalue weighted by Gasteiger charge is -2.18. The molecule has 0 amide bonds. The van der Waals surface area contributed by atoms with Gasteiger partial charge >= 0.3 is 0 Å². The SMILES string of the molecule is CC(C)n1nccc1CN1CCC(c2ccn[nH]2)C1. The quantitative estimate of drug-likeness (QED) is 0.915. The lowest BCUT2D eigenvalue weighted by Crippen LogP contribution is -2.22. The van der Waals surface area contributed by atoms with Crippen LogP contribution in [0.5, 0.6) is 0 Å². The normalized spacial score (nSPS) is 20.5. The fraction of sp³-hybridized carbons (Fsp3) is 0.571. The number of hydrogen-bond acceptors (Lipinski definition) is 3. The predicted molar refractivity (Wildman–Crippen MR) is 73.8 cm³/mol. The first-order valence-electron chi connectivity index (χ1n) is 6.98. The number of hydrogen-bond donors (Lipinski definition) is 1. The van der Waals surface area contributed by atoms with Crippen LogP contribution in [-0.4, -0.2) is 38.0 Å². The minimum absolute atomic E-state index is 0.427. The number of rotatable bonds is 4. The molecule has 2 aromatic rings. The number of H-pyrrole nitrogens is 1. The lowest BCUT2D eigenvalue weighted by molar-refractivity contribution is 0.309. The van der Waals surface area contributed by atoms with Crippen molar-refractivity contribution >= 4 is 0 Å². The van der Waals surface area contributed by atoms with Gasteiger partial charge in [0.2, 0.25) is 0 Å². The molecule has 1 atom stereocenters. The van der Waals surface area contributed by atoms with E-state index in [2.05, 4.69) is 50.9 Å². The van der Waals surface area contributed by atoms with E-state index >= 15 is 0 Å². The van der Waals surface area contributed by atoms with E-state index in [-0.39, 0.29) is 0 Å². The van der Waals surface area contributed by atoms with Crippen molar-refractivity contribution in [3.63, 3.8) is 0 Å². The Balaban J connectivity index is 1.64. The Bertz CT molecular complexity index is 514. The highest BCUT2D eigenvalue weighted by molar-refractivity contribution is 5.10. The molecule has 1 saturated heterocycles. The highest BCUT2D eigenvalue weighted by Gasteiger charge is 2.25. The second-order valence-corrected chi connectivity index (χ2v) is 5.59. The molecule has 0 bridgehead atoms. The van der Waals surface area contributed by atoms with E-state index in [0.717, 1.165) is 19.6 Å². The molecule has 1 aliphatic heterocycles. The Labute approximate surface area is 113 Å². The molecule has 19 heavy (non-hydrogen) atoms. The molecule has 0 aliphatic carbocycles. The van der Waals surface area contributed by atoms with E-state index in [9.17, 15) is 0 Å². The maximum Gasteiger partial charge on any atom is 0.0527 e. The maximum absolute atomic E-state index is 4.40. The molecule has 3 rings (SSSR count). The van der Waals surface area contributed by atoms with Gasteiger partial charge in [0.25, 0.3) is 0 Å². The second kappa shape index (κ2) is 5.17. The molecule has 0 spiro atoms. The summed E-state index contributed by atoms with van der Waals surface area (Å²) < 4.78 is 2.11. The van der Waals surface area contributed by atoms with Gasteiger partial charge in [-0.2, -0.15) is 10.2 Å². The van der Waals surface area contributed by atoms with Crippen molar-refractivity contribution in [1.29, 1.82) is 0 Å². The van der Waals surface area contributed by atoms with Gasteiger partial charge in [0.1, 0.15) is 0 Å². The van der Waals surface area contributed by atoms with Crippen LogP contribution in [0, 0.1) is 0 Å². The lowest BCUT2D eigenvalue weighted by atomic mass is 10.1. The van der Waals surface area contributed by atoms with Crippen molar-refractivity contribution in [2.75, 3.05) is 13.1 Å². The van der Waals surface area contributed by atoms with Crippen LogP contribution >= 0.6 is 0 Å². The third-order valence-corrected chi connectivity index (χ3v) is 3.86. The van der Waals surface area contributed by atoms with Crippen LogP contribution in [0.4, 0.5) is 0 Å². The molecule has 5 nitrogen and oxygen atoms in total. The first-order valence-corrected chi connectivity index (χ1v) is 6.98. The van der Waals surface area contributed by atoms with E-state index in [1.807, 2.05) is 12.4 Å². The van der Waals surface area contributed by atoms with Crippen molar-refractivity contribution in [1.82, 2.24) is 24.9 Å². The molecule has 102 valence electrons. The Hall–Kier alpha value is -1.62. The van der Waals surface area contributed by atoms with Crippen LogP contribution in [0.1, 0.15) is 43.6 Å². The molecule has 0 radical (unpaired) electrons. The van der Waals surface area contributed by atoms with Gasteiger partial charge in [-0.1, -0.05) is 0 Å². The summed E-state index contributed by atoms with van der Waals surface area (Å²) in [6, 6.07) is 4.65. The highest BCUT2D eigenvalue weighted by Crippen LogP contribution is 2.26. The first kappa shape index (κ1) is 12.4. The van der Waals surface area contributed by atoms with E-state index in [1.165, 1.54) is 17.8 Å². The summed E-state index contributed by atoms with van der Waals surface area (Å²) in [5.41, 5.74) is 2.57. The molecule has 0 saturated carbocycles. The van der Waals surface area contributed by atoms with Gasteiger partial charge in [-0.15, -0.1) is 0 Å². The highest BCUT2D eigenvalue weighted by atomic mass is 15.3. The van der Waals surface area contributed by atoms with Crippen LogP contribution in [0.15, 0.2) is 24.5 Å². The topological polar surface area (TPSA) is 49.7 Å². The van der Waals surface area contributed by atoms with Crippen LogP contribution in [0.25, 0.3) is 0 Å². The zero-order valence-corrected chi connectivity index (χ0v) is 11.6. The van der Waals surface area contributed by atoms with Gasteiger partial charge in [-0.25, -0.2) is 0 Å². The number of nitrogens with one attached hydrogen (secondary N) is 1. The van der Waals surface area contributed by atoms with Crippen LogP contribution in [-0.2, 0) is 6.54 Å². The average molecular weight is 259 g/mol. The molecular weight excluding hydrogens is 238 g/mol. The Kier molecular flexibility index (Phi) is 3.38. The van der Waals surface area contributed by atoms with Crippen molar-refractivity contribution in [3.8, 4) is 0 Å². The van der Waals surface area contributed by atoms with Gasteiger partial charge in [0.15, 0.2) is 0 Å². The van der Waals surface area contributed by atoms with Crippen LogP contribution in [0.3, 0.4) is 0 Å². The summed E-state index contributed by atoms with van der Waals surface area (Å²) in [6.45, 7) is 7.59. The average Bonchev–Trinajstić information content (AvgIpc) is 3.09. The molecule has 1 unspecified atom stereocenters. The minimum Gasteiger partial charge on any atom is -0.297 e. The number of aromatic nitrogens is 4. The van der Waals surface area contributed by atoms with Gasteiger partial charge in [0, 0.05) is 43.1 Å². The van der Waals surface area contributed by atoms with E-state index in [4.69, 9.17) is 0 Å². The molecule has 3 heterocycles. The Morgan fingerprint density at radius 3 is 3.00 bits per heavy atom. The molecule has 0 aromatic carbocycles. The second-order valence-electron chi connectivity index (χ2n) is 5.59. The monoisotopic (exact) mass is 259 g/mol. The van der Waals surface area contributed by atoms with Gasteiger partial charge in [-0.3, -0.25) is 14.7 Å². The minimum atomic E-state index is 0.427. The Morgan fingerprint density at radius 2 is 2.26 bits per heavy atom. The molecule has 1 N–H and O–H groups in total. The summed E-state index contributed by atoms with van der Waals surface area (Å²) >= 11 is 0. The van der Waals surface area contributed by atoms with Crippen molar-refractivity contribution in [2.45, 2.75) is 38.8 Å².